The molecule has 0 aliphatic carbocycles. The van der Waals surface area contributed by atoms with Crippen LogP contribution in [0.15, 0.2) is 48.0 Å². The number of aromatic nitrogens is 2. The van der Waals surface area contributed by atoms with Gasteiger partial charge in [-0.2, -0.15) is 14.0 Å². The molecule has 1 aromatic heterocycles. The lowest BCUT2D eigenvalue weighted by Gasteiger charge is -2.14. The number of anilines is 1. The minimum Gasteiger partial charge on any atom is -0.493 e. The van der Waals surface area contributed by atoms with E-state index in [0.717, 1.165) is 5.01 Å². The summed E-state index contributed by atoms with van der Waals surface area (Å²) in [5.41, 5.74) is 0.811. The molecular weight excluding hydrogens is 466 g/mol. The maximum absolute atomic E-state index is 12.6. The van der Waals surface area contributed by atoms with Crippen molar-refractivity contribution in [3.8, 4) is 23.3 Å². The van der Waals surface area contributed by atoms with E-state index in [1.807, 2.05) is 13.0 Å². The van der Waals surface area contributed by atoms with Crippen molar-refractivity contribution in [2.24, 2.45) is 0 Å². The van der Waals surface area contributed by atoms with Crippen LogP contribution in [0.4, 0.5) is 13.9 Å². The number of nitrogens with zero attached hydrogens (tertiary/aromatic N) is 3. The normalized spacial score (nSPS) is 11.1. The summed E-state index contributed by atoms with van der Waals surface area (Å²) in [4.78, 5) is 12.5. The number of carbonyl (C=O) groups is 1. The Hall–Kier alpha value is -4.04. The van der Waals surface area contributed by atoms with E-state index in [4.69, 9.17) is 9.47 Å². The number of amides is 1. The zero-order chi connectivity index (χ0) is 24.5. The Labute approximate surface area is 198 Å². The Balaban J connectivity index is 1.74. The highest BCUT2D eigenvalue weighted by atomic mass is 32.1. The van der Waals surface area contributed by atoms with Gasteiger partial charge in [0.15, 0.2) is 11.5 Å². The molecule has 0 unspecified atom stereocenters. The topological polar surface area (TPSA) is 106 Å². The van der Waals surface area contributed by atoms with Gasteiger partial charge in [0.2, 0.25) is 5.13 Å². The first-order valence-electron chi connectivity index (χ1n) is 10.0. The molecule has 1 amide bonds. The van der Waals surface area contributed by atoms with Crippen molar-refractivity contribution in [3.63, 3.8) is 0 Å². The maximum Gasteiger partial charge on any atom is 0.387 e. The van der Waals surface area contributed by atoms with Crippen LogP contribution in [-0.4, -0.2) is 29.8 Å². The Morgan fingerprint density at radius 3 is 2.68 bits per heavy atom. The Kier molecular flexibility index (Phi) is 8.48. The van der Waals surface area contributed by atoms with Crippen molar-refractivity contribution in [2.45, 2.75) is 26.6 Å². The average molecular weight is 487 g/mol. The second-order valence-electron chi connectivity index (χ2n) is 6.66. The number of carbonyl (C=O) groups excluding carboxylic acids is 1. The molecule has 0 atom stereocenters. The Bertz CT molecular complexity index is 1220. The summed E-state index contributed by atoms with van der Waals surface area (Å²) in [6, 6.07) is 13.0. The fourth-order valence-corrected chi connectivity index (χ4v) is 3.48. The molecule has 2 aromatic carbocycles. The zero-order valence-corrected chi connectivity index (χ0v) is 19.1. The number of nitrogens with one attached hydrogen (secondary N) is 1. The van der Waals surface area contributed by atoms with E-state index >= 15 is 0 Å². The lowest BCUT2D eigenvalue weighted by atomic mass is 10.1. The molecule has 0 bridgehead atoms. The summed E-state index contributed by atoms with van der Waals surface area (Å²) in [5, 5.41) is 20.9. The maximum atomic E-state index is 12.6. The molecule has 0 spiro atoms. The van der Waals surface area contributed by atoms with Gasteiger partial charge >= 0.3 is 6.61 Å². The van der Waals surface area contributed by atoms with Gasteiger partial charge in [0.1, 0.15) is 29.0 Å². The number of nitriles is 1. The van der Waals surface area contributed by atoms with Crippen LogP contribution in [0.5, 0.6) is 17.2 Å². The third kappa shape index (κ3) is 6.49. The second-order valence-corrected chi connectivity index (χ2v) is 7.73. The van der Waals surface area contributed by atoms with Crippen LogP contribution in [0.2, 0.25) is 0 Å². The second kappa shape index (κ2) is 11.7. The summed E-state index contributed by atoms with van der Waals surface area (Å²) in [6.45, 7) is -1.07. The van der Waals surface area contributed by atoms with Gasteiger partial charge in [-0.05, 0) is 36.3 Å². The SMILES string of the molecule is CCc1nnc(NC(=O)C(C#N)=Cc2ccc(OCc3ccccc3OC(F)F)c(OC)c2)s1. The van der Waals surface area contributed by atoms with Crippen molar-refractivity contribution in [1.82, 2.24) is 10.2 Å². The first-order chi connectivity index (χ1) is 16.4. The van der Waals surface area contributed by atoms with Gasteiger partial charge in [-0.15, -0.1) is 10.2 Å². The molecule has 0 fully saturated rings. The van der Waals surface area contributed by atoms with Crippen LogP contribution in [0.1, 0.15) is 23.1 Å². The number of ether oxygens (including phenoxy) is 3. The fraction of sp³-hybridized carbons (Fsp3) is 0.217. The summed E-state index contributed by atoms with van der Waals surface area (Å²) < 4.78 is 40.8. The van der Waals surface area contributed by atoms with E-state index < -0.39 is 12.5 Å². The van der Waals surface area contributed by atoms with Crippen molar-refractivity contribution < 1.29 is 27.8 Å². The fourth-order valence-electron chi connectivity index (χ4n) is 2.81. The van der Waals surface area contributed by atoms with Crippen molar-refractivity contribution >= 4 is 28.5 Å². The molecule has 0 radical (unpaired) electrons. The number of halogens is 2. The number of hydrogen-bond acceptors (Lipinski definition) is 8. The van der Waals surface area contributed by atoms with Gasteiger partial charge in [0.25, 0.3) is 5.91 Å². The standard InChI is InChI=1S/C23H20F2N4O4S/c1-3-20-28-29-23(34-20)27-21(30)16(12-26)10-14-8-9-18(19(11-14)31-2)32-13-15-6-4-5-7-17(15)33-22(24)25/h4-11,22H,3,13H2,1-2H3,(H,27,29,30). The van der Waals surface area contributed by atoms with E-state index in [-0.39, 0.29) is 17.9 Å². The number of aryl methyl sites for hydroxylation is 1. The lowest BCUT2D eigenvalue weighted by Crippen LogP contribution is -2.13. The monoisotopic (exact) mass is 486 g/mol. The number of methoxy groups -OCH3 is 1. The van der Waals surface area contributed by atoms with Crippen LogP contribution >= 0.6 is 11.3 Å². The van der Waals surface area contributed by atoms with Gasteiger partial charge in [0, 0.05) is 5.56 Å². The summed E-state index contributed by atoms with van der Waals surface area (Å²) >= 11 is 1.23. The number of alkyl halides is 2. The number of hydrogen-bond donors (Lipinski definition) is 1. The smallest absolute Gasteiger partial charge is 0.387 e. The van der Waals surface area contributed by atoms with Crippen LogP contribution in [0.25, 0.3) is 6.08 Å². The summed E-state index contributed by atoms with van der Waals surface area (Å²) in [7, 11) is 1.43. The van der Waals surface area contributed by atoms with E-state index in [9.17, 15) is 18.8 Å². The number of rotatable bonds is 10. The minimum absolute atomic E-state index is 0.0159. The number of para-hydroxylation sites is 1. The van der Waals surface area contributed by atoms with Crippen LogP contribution in [0.3, 0.4) is 0 Å². The largest absolute Gasteiger partial charge is 0.493 e. The Morgan fingerprint density at radius 2 is 2.00 bits per heavy atom. The summed E-state index contributed by atoms with van der Waals surface area (Å²) in [5.74, 6) is 0.0734. The van der Waals surface area contributed by atoms with Gasteiger partial charge in [0.05, 0.1) is 7.11 Å². The molecule has 0 saturated carbocycles. The highest BCUT2D eigenvalue weighted by Crippen LogP contribution is 2.31. The molecule has 0 aliphatic rings. The van der Waals surface area contributed by atoms with Gasteiger partial charge in [-0.3, -0.25) is 10.1 Å². The predicted molar refractivity (Wildman–Crippen MR) is 122 cm³/mol. The Morgan fingerprint density at radius 1 is 1.21 bits per heavy atom. The molecule has 3 aromatic rings. The molecule has 8 nitrogen and oxygen atoms in total. The quantitative estimate of drug-likeness (QED) is 0.323. The van der Waals surface area contributed by atoms with E-state index in [1.165, 1.54) is 30.6 Å². The molecule has 3 rings (SSSR count). The molecule has 1 heterocycles. The van der Waals surface area contributed by atoms with Gasteiger partial charge in [-0.25, -0.2) is 0 Å². The van der Waals surface area contributed by atoms with Crippen molar-refractivity contribution in [1.29, 1.82) is 5.26 Å². The van der Waals surface area contributed by atoms with Crippen LogP contribution < -0.4 is 19.5 Å². The van der Waals surface area contributed by atoms with Crippen molar-refractivity contribution in [2.75, 3.05) is 12.4 Å². The number of benzene rings is 2. The van der Waals surface area contributed by atoms with Gasteiger partial charge < -0.3 is 14.2 Å². The molecular formula is C23H20F2N4O4S. The van der Waals surface area contributed by atoms with E-state index in [2.05, 4.69) is 20.3 Å². The highest BCUT2D eigenvalue weighted by Gasteiger charge is 2.14. The molecule has 11 heteroatoms. The third-order valence-electron chi connectivity index (χ3n) is 4.43. The zero-order valence-electron chi connectivity index (χ0n) is 18.2. The van der Waals surface area contributed by atoms with E-state index in [0.29, 0.717) is 34.2 Å². The van der Waals surface area contributed by atoms with Gasteiger partial charge in [-0.1, -0.05) is 42.5 Å². The van der Waals surface area contributed by atoms with Crippen LogP contribution in [0, 0.1) is 11.3 Å². The van der Waals surface area contributed by atoms with E-state index in [1.54, 1.807) is 36.4 Å². The average Bonchev–Trinajstić information content (AvgIpc) is 3.29. The molecule has 0 aliphatic heterocycles. The highest BCUT2D eigenvalue weighted by molar-refractivity contribution is 7.15. The lowest BCUT2D eigenvalue weighted by molar-refractivity contribution is -0.112. The first kappa shape index (κ1) is 24.6. The molecule has 176 valence electrons. The predicted octanol–water partition coefficient (Wildman–Crippen LogP) is 4.84. The molecule has 34 heavy (non-hydrogen) atoms. The van der Waals surface area contributed by atoms with Crippen LogP contribution in [-0.2, 0) is 17.8 Å². The molecule has 1 N–H and O–H groups in total. The first-order valence-corrected chi connectivity index (χ1v) is 10.8. The third-order valence-corrected chi connectivity index (χ3v) is 5.41. The minimum atomic E-state index is -2.95. The molecule has 0 saturated heterocycles. The summed E-state index contributed by atoms with van der Waals surface area (Å²) in [6.07, 6.45) is 2.09. The van der Waals surface area contributed by atoms with Crippen molar-refractivity contribution in [3.05, 3.63) is 64.2 Å².